The van der Waals surface area contributed by atoms with Gasteiger partial charge in [0.05, 0.1) is 19.2 Å². The molecular weight excluding hydrogens is 306 g/mol. The summed E-state index contributed by atoms with van der Waals surface area (Å²) >= 11 is 0. The minimum atomic E-state index is -0.225. The first-order valence-electron chi connectivity index (χ1n) is 7.86. The van der Waals surface area contributed by atoms with Crippen LogP contribution in [0.15, 0.2) is 53.5 Å². The summed E-state index contributed by atoms with van der Waals surface area (Å²) in [5.41, 5.74) is 1.96. The van der Waals surface area contributed by atoms with Crippen molar-refractivity contribution in [1.82, 2.24) is 14.8 Å². The van der Waals surface area contributed by atoms with E-state index in [1.54, 1.807) is 30.8 Å². The first-order valence-corrected chi connectivity index (χ1v) is 7.86. The highest BCUT2D eigenvalue weighted by Crippen LogP contribution is 2.06. The van der Waals surface area contributed by atoms with Crippen molar-refractivity contribution < 1.29 is 9.90 Å². The predicted molar refractivity (Wildman–Crippen MR) is 92.8 cm³/mol. The Labute approximate surface area is 141 Å². The van der Waals surface area contributed by atoms with E-state index in [4.69, 9.17) is 5.11 Å². The maximum Gasteiger partial charge on any atom is 0.317 e. The molecule has 2 aromatic rings. The maximum absolute atomic E-state index is 11.9. The highest BCUT2D eigenvalue weighted by Gasteiger charge is 2.13. The van der Waals surface area contributed by atoms with Gasteiger partial charge in [0.15, 0.2) is 0 Å². The van der Waals surface area contributed by atoms with E-state index < -0.39 is 0 Å². The maximum atomic E-state index is 11.9. The highest BCUT2D eigenvalue weighted by atomic mass is 16.3. The fraction of sp³-hybridized carbons (Fsp3) is 0.333. The number of amides is 2. The van der Waals surface area contributed by atoms with E-state index in [9.17, 15) is 9.59 Å². The predicted octanol–water partition coefficient (Wildman–Crippen LogP) is 1.42. The van der Waals surface area contributed by atoms with Gasteiger partial charge in [0, 0.05) is 25.9 Å². The second-order valence-corrected chi connectivity index (χ2v) is 5.78. The Morgan fingerprint density at radius 1 is 1.21 bits per heavy atom. The summed E-state index contributed by atoms with van der Waals surface area (Å²) in [7, 11) is 1.65. The Balaban J connectivity index is 1.92. The molecule has 1 heterocycles. The average molecular weight is 329 g/mol. The molecular formula is C18H23N3O3. The summed E-state index contributed by atoms with van der Waals surface area (Å²) in [6, 6.07) is 12.4. The monoisotopic (exact) mass is 329 g/mol. The quantitative estimate of drug-likeness (QED) is 0.842. The number of aromatic nitrogens is 1. The lowest BCUT2D eigenvalue weighted by Crippen LogP contribution is -2.43. The zero-order chi connectivity index (χ0) is 17.5. The first kappa shape index (κ1) is 17.7. The van der Waals surface area contributed by atoms with Crippen LogP contribution in [-0.4, -0.2) is 40.3 Å². The average Bonchev–Trinajstić information content (AvgIpc) is 2.61. The number of aliphatic hydroxyl groups is 1. The van der Waals surface area contributed by atoms with Crippen LogP contribution in [0.3, 0.4) is 0 Å². The molecule has 0 spiro atoms. The van der Waals surface area contributed by atoms with Gasteiger partial charge in [-0.05, 0) is 24.1 Å². The Kier molecular flexibility index (Phi) is 6.14. The van der Waals surface area contributed by atoms with Crippen LogP contribution in [0.5, 0.6) is 0 Å². The minimum Gasteiger partial charge on any atom is -0.394 e. The minimum absolute atomic E-state index is 0.0325. The number of carbonyl (C=O) groups excluding carboxylic acids is 1. The number of hydrogen-bond acceptors (Lipinski definition) is 3. The van der Waals surface area contributed by atoms with E-state index in [1.165, 1.54) is 11.0 Å². The summed E-state index contributed by atoms with van der Waals surface area (Å²) in [5, 5.41) is 11.9. The molecule has 128 valence electrons. The number of pyridine rings is 1. The number of carbonyl (C=O) groups is 1. The van der Waals surface area contributed by atoms with E-state index in [1.807, 2.05) is 30.3 Å². The highest BCUT2D eigenvalue weighted by molar-refractivity contribution is 5.74. The van der Waals surface area contributed by atoms with Crippen LogP contribution in [0, 0.1) is 0 Å². The number of hydrogen-bond donors (Lipinski definition) is 2. The standard InChI is InChI=1S/C18H23N3O3/c1-14(13-22)20(2)18(24)19-11-15-6-8-16(9-7-15)12-21-10-4-3-5-17(21)23/h3-10,14,22H,11-13H2,1-2H3,(H,19,24). The SMILES string of the molecule is CC(CO)N(C)C(=O)NCc1ccc(Cn2ccccc2=O)cc1. The number of aliphatic hydroxyl groups excluding tert-OH is 1. The number of rotatable bonds is 6. The summed E-state index contributed by atoms with van der Waals surface area (Å²) in [6.45, 7) is 2.63. The smallest absolute Gasteiger partial charge is 0.317 e. The molecule has 6 nitrogen and oxygen atoms in total. The summed E-state index contributed by atoms with van der Waals surface area (Å²) in [6.07, 6.45) is 1.76. The Hall–Kier alpha value is -2.60. The van der Waals surface area contributed by atoms with Gasteiger partial charge < -0.3 is 19.9 Å². The number of nitrogens with zero attached hydrogens (tertiary/aromatic N) is 2. The van der Waals surface area contributed by atoms with E-state index in [0.29, 0.717) is 13.1 Å². The molecule has 0 aliphatic heterocycles. The van der Waals surface area contributed by atoms with Gasteiger partial charge in [-0.2, -0.15) is 0 Å². The number of nitrogens with one attached hydrogen (secondary N) is 1. The van der Waals surface area contributed by atoms with E-state index in [0.717, 1.165) is 11.1 Å². The van der Waals surface area contributed by atoms with Crippen LogP contribution in [0.2, 0.25) is 0 Å². The van der Waals surface area contributed by atoms with E-state index in [-0.39, 0.29) is 24.2 Å². The molecule has 2 rings (SSSR count). The van der Waals surface area contributed by atoms with Crippen molar-refractivity contribution in [3.8, 4) is 0 Å². The molecule has 0 aliphatic rings. The van der Waals surface area contributed by atoms with Gasteiger partial charge >= 0.3 is 6.03 Å². The summed E-state index contributed by atoms with van der Waals surface area (Å²) < 4.78 is 1.64. The van der Waals surface area contributed by atoms with Gasteiger partial charge in [0.25, 0.3) is 5.56 Å². The molecule has 1 aromatic carbocycles. The van der Waals surface area contributed by atoms with Crippen LogP contribution in [0.1, 0.15) is 18.1 Å². The van der Waals surface area contributed by atoms with E-state index >= 15 is 0 Å². The van der Waals surface area contributed by atoms with Crippen molar-refractivity contribution in [2.75, 3.05) is 13.7 Å². The number of benzene rings is 1. The molecule has 1 atom stereocenters. The van der Waals surface area contributed by atoms with Crippen LogP contribution in [0.4, 0.5) is 4.79 Å². The van der Waals surface area contributed by atoms with Crippen molar-refractivity contribution in [2.45, 2.75) is 26.1 Å². The van der Waals surface area contributed by atoms with Crippen LogP contribution < -0.4 is 10.9 Å². The van der Waals surface area contributed by atoms with Gasteiger partial charge in [-0.25, -0.2) is 4.79 Å². The van der Waals surface area contributed by atoms with Crippen LogP contribution >= 0.6 is 0 Å². The molecule has 2 N–H and O–H groups in total. The van der Waals surface area contributed by atoms with E-state index in [2.05, 4.69) is 5.32 Å². The fourth-order valence-electron chi connectivity index (χ4n) is 2.18. The molecule has 0 fully saturated rings. The molecule has 0 radical (unpaired) electrons. The molecule has 2 amide bonds. The van der Waals surface area contributed by atoms with Gasteiger partial charge in [-0.3, -0.25) is 4.79 Å². The van der Waals surface area contributed by atoms with Crippen molar-refractivity contribution in [3.63, 3.8) is 0 Å². The summed E-state index contributed by atoms with van der Waals surface area (Å²) in [5.74, 6) is 0. The second-order valence-electron chi connectivity index (χ2n) is 5.78. The lowest BCUT2D eigenvalue weighted by Gasteiger charge is -2.23. The molecule has 0 bridgehead atoms. The topological polar surface area (TPSA) is 74.6 Å². The Morgan fingerprint density at radius 3 is 2.50 bits per heavy atom. The van der Waals surface area contributed by atoms with Crippen molar-refractivity contribution >= 4 is 6.03 Å². The molecule has 6 heteroatoms. The van der Waals surface area contributed by atoms with Gasteiger partial charge in [0.2, 0.25) is 0 Å². The van der Waals surface area contributed by atoms with Crippen LogP contribution in [-0.2, 0) is 13.1 Å². The molecule has 24 heavy (non-hydrogen) atoms. The van der Waals surface area contributed by atoms with Crippen LogP contribution in [0.25, 0.3) is 0 Å². The molecule has 0 aliphatic carbocycles. The van der Waals surface area contributed by atoms with Crippen molar-refractivity contribution in [1.29, 1.82) is 0 Å². The normalized spacial score (nSPS) is 11.8. The number of likely N-dealkylation sites (N-methyl/N-ethyl adjacent to an activating group) is 1. The number of urea groups is 1. The van der Waals surface area contributed by atoms with Gasteiger partial charge in [-0.15, -0.1) is 0 Å². The van der Waals surface area contributed by atoms with Gasteiger partial charge in [0.1, 0.15) is 0 Å². The zero-order valence-electron chi connectivity index (χ0n) is 14.0. The van der Waals surface area contributed by atoms with Crippen molar-refractivity contribution in [3.05, 3.63) is 70.1 Å². The molecule has 0 saturated heterocycles. The third-order valence-electron chi connectivity index (χ3n) is 3.96. The lowest BCUT2D eigenvalue weighted by molar-refractivity contribution is 0.157. The molecule has 0 saturated carbocycles. The lowest BCUT2D eigenvalue weighted by atomic mass is 10.1. The Morgan fingerprint density at radius 2 is 1.88 bits per heavy atom. The van der Waals surface area contributed by atoms with Gasteiger partial charge in [-0.1, -0.05) is 30.3 Å². The third kappa shape index (κ3) is 4.70. The molecule has 1 unspecified atom stereocenters. The third-order valence-corrected chi connectivity index (χ3v) is 3.96. The zero-order valence-corrected chi connectivity index (χ0v) is 14.0. The molecule has 1 aromatic heterocycles. The largest absolute Gasteiger partial charge is 0.394 e. The Bertz CT molecular complexity index is 725. The fourth-order valence-corrected chi connectivity index (χ4v) is 2.18. The second kappa shape index (κ2) is 8.31. The summed E-state index contributed by atoms with van der Waals surface area (Å²) in [4.78, 5) is 25.1. The first-order chi connectivity index (χ1) is 11.5. The van der Waals surface area contributed by atoms with Crippen molar-refractivity contribution in [2.24, 2.45) is 0 Å².